The quantitative estimate of drug-likeness (QED) is 0.520. The van der Waals surface area contributed by atoms with Crippen LogP contribution in [0.1, 0.15) is 52.2 Å². The molecule has 0 aliphatic carbocycles. The maximum atomic E-state index is 14.7. The lowest BCUT2D eigenvalue weighted by Gasteiger charge is -2.48. The second-order valence-corrected chi connectivity index (χ2v) is 11.9. The molecule has 2 amide bonds. The van der Waals surface area contributed by atoms with Gasteiger partial charge in [-0.05, 0) is 40.7 Å². The molecule has 0 aromatic heterocycles. The molecule has 2 aliphatic heterocycles. The number of hydrogen-bond acceptors (Lipinski definition) is 6. The minimum atomic E-state index is -1.19. The molecule has 38 heavy (non-hydrogen) atoms. The van der Waals surface area contributed by atoms with Crippen LogP contribution in [0.25, 0.3) is 0 Å². The molecule has 0 spiro atoms. The van der Waals surface area contributed by atoms with Crippen molar-refractivity contribution in [3.63, 3.8) is 0 Å². The first-order valence-corrected chi connectivity index (χ1v) is 13.0. The van der Waals surface area contributed by atoms with E-state index in [0.717, 1.165) is 11.1 Å². The lowest BCUT2D eigenvalue weighted by Crippen LogP contribution is -2.69. The Hall–Kier alpha value is -3.33. The Morgan fingerprint density at radius 2 is 1.92 bits per heavy atom. The van der Waals surface area contributed by atoms with Gasteiger partial charge in [-0.1, -0.05) is 30.3 Å². The first kappa shape index (κ1) is 27.7. The zero-order valence-corrected chi connectivity index (χ0v) is 22.8. The summed E-state index contributed by atoms with van der Waals surface area (Å²) in [6.45, 7) is 10.1. The van der Waals surface area contributed by atoms with Gasteiger partial charge in [0.25, 0.3) is 6.09 Å². The second kappa shape index (κ2) is 10.4. The average molecular weight is 529 g/mol. The van der Waals surface area contributed by atoms with Gasteiger partial charge in [-0.3, -0.25) is 9.38 Å². The van der Waals surface area contributed by atoms with Gasteiger partial charge in [0.2, 0.25) is 0 Å². The molecule has 8 nitrogen and oxygen atoms in total. The van der Waals surface area contributed by atoms with Gasteiger partial charge in [-0.15, -0.1) is 0 Å². The zero-order valence-electron chi connectivity index (χ0n) is 22.8. The molecule has 4 rings (SSSR count). The van der Waals surface area contributed by atoms with Crippen LogP contribution in [0.4, 0.5) is 14.0 Å². The van der Waals surface area contributed by atoms with Crippen molar-refractivity contribution in [2.45, 2.75) is 71.2 Å². The molecule has 0 saturated carbocycles. The summed E-state index contributed by atoms with van der Waals surface area (Å²) in [4.78, 5) is 27.1. The summed E-state index contributed by atoms with van der Waals surface area (Å²) in [6, 6.07) is 12.0. The Morgan fingerprint density at radius 1 is 1.21 bits per heavy atom. The van der Waals surface area contributed by atoms with Gasteiger partial charge in [0.1, 0.15) is 36.6 Å². The predicted octanol–water partition coefficient (Wildman–Crippen LogP) is 4.29. The van der Waals surface area contributed by atoms with Crippen LogP contribution >= 0.6 is 0 Å². The number of carbonyl (C=O) groups is 2. The number of fused-ring (bicyclic) bond motifs is 1. The molecule has 1 fully saturated rings. The molecule has 0 radical (unpaired) electrons. The van der Waals surface area contributed by atoms with Crippen molar-refractivity contribution in [2.75, 3.05) is 26.2 Å². The molecule has 1 unspecified atom stereocenters. The zero-order chi connectivity index (χ0) is 27.7. The molecule has 0 N–H and O–H groups in total. The minimum absolute atomic E-state index is 0.139. The minimum Gasteiger partial charge on any atom is -0.498 e. The SMILES string of the molecule is CC(C)(C)OC(=O)N1CC[N+](Cc2ccccc2)(C(=O)[O-])C[C@H]1CCOc1cc(F)c2c(c1)CC(C)(C)O2. The Balaban J connectivity index is 1.51. The molecular formula is C29H37FN2O6. The van der Waals surface area contributed by atoms with E-state index in [1.54, 1.807) is 31.7 Å². The summed E-state index contributed by atoms with van der Waals surface area (Å²) >= 11 is 0. The van der Waals surface area contributed by atoms with Crippen molar-refractivity contribution in [3.8, 4) is 11.5 Å². The van der Waals surface area contributed by atoms with Crippen molar-refractivity contribution in [2.24, 2.45) is 0 Å². The van der Waals surface area contributed by atoms with Crippen LogP contribution in [-0.2, 0) is 17.7 Å². The van der Waals surface area contributed by atoms with Crippen molar-refractivity contribution >= 4 is 12.2 Å². The number of ether oxygens (including phenoxy) is 3. The molecule has 2 atom stereocenters. The molecular weight excluding hydrogens is 491 g/mol. The number of carboxylic acid groups (broad SMARTS) is 1. The van der Waals surface area contributed by atoms with E-state index in [-0.39, 0.29) is 43.0 Å². The fourth-order valence-electron chi connectivity index (χ4n) is 5.23. The highest BCUT2D eigenvalue weighted by Gasteiger charge is 2.44. The topological polar surface area (TPSA) is 88.1 Å². The molecule has 206 valence electrons. The average Bonchev–Trinajstić information content (AvgIpc) is 3.13. The Labute approximate surface area is 223 Å². The largest absolute Gasteiger partial charge is 0.498 e. The molecule has 9 heteroatoms. The number of halogens is 1. The third kappa shape index (κ3) is 6.38. The molecule has 2 aromatic carbocycles. The van der Waals surface area contributed by atoms with E-state index in [9.17, 15) is 19.1 Å². The van der Waals surface area contributed by atoms with E-state index in [0.29, 0.717) is 18.6 Å². The van der Waals surface area contributed by atoms with Gasteiger partial charge in [-0.2, -0.15) is 0 Å². The van der Waals surface area contributed by atoms with Crippen molar-refractivity contribution in [1.82, 2.24) is 4.90 Å². The lowest BCUT2D eigenvalue weighted by molar-refractivity contribution is -0.895. The fraction of sp³-hybridized carbons (Fsp3) is 0.517. The van der Waals surface area contributed by atoms with Crippen LogP contribution in [0.3, 0.4) is 0 Å². The van der Waals surface area contributed by atoms with Crippen molar-refractivity contribution < 1.29 is 37.8 Å². The van der Waals surface area contributed by atoms with Gasteiger partial charge in [0.05, 0.1) is 19.2 Å². The predicted molar refractivity (Wildman–Crippen MR) is 137 cm³/mol. The molecule has 1 saturated heterocycles. The fourth-order valence-corrected chi connectivity index (χ4v) is 5.23. The number of carbonyl (C=O) groups excluding carboxylic acids is 2. The second-order valence-electron chi connectivity index (χ2n) is 11.9. The highest BCUT2D eigenvalue weighted by atomic mass is 19.1. The summed E-state index contributed by atoms with van der Waals surface area (Å²) in [7, 11) is 0. The maximum Gasteiger partial charge on any atom is 0.410 e. The number of piperazine rings is 1. The molecule has 2 heterocycles. The molecule has 2 aromatic rings. The standard InChI is InChI=1S/C29H37FN2O6/c1-28(2,3)38-26(33)31-12-13-32(27(34)35,18-20-9-7-6-8-10-20)19-22(31)11-14-36-23-15-21-17-29(4,5)37-25(21)24(30)16-23/h6-10,15-16,22H,11-14,17-19H2,1-5H3/t22-,32?/m1/s1. The van der Waals surface area contributed by atoms with Gasteiger partial charge < -0.3 is 24.1 Å². The summed E-state index contributed by atoms with van der Waals surface area (Å²) in [5, 5.41) is 12.5. The van der Waals surface area contributed by atoms with E-state index in [1.807, 2.05) is 44.2 Å². The first-order chi connectivity index (χ1) is 17.8. The molecule has 2 aliphatic rings. The normalized spacial score (nSPS) is 22.4. The number of benzene rings is 2. The van der Waals surface area contributed by atoms with Crippen LogP contribution in [0.5, 0.6) is 11.5 Å². The Morgan fingerprint density at radius 3 is 2.58 bits per heavy atom. The monoisotopic (exact) mass is 528 g/mol. The van der Waals surface area contributed by atoms with E-state index >= 15 is 0 Å². The van der Waals surface area contributed by atoms with E-state index in [4.69, 9.17) is 14.2 Å². The summed E-state index contributed by atoms with van der Waals surface area (Å²) in [5.74, 6) is 0.140. The van der Waals surface area contributed by atoms with Gasteiger partial charge in [-0.25, -0.2) is 9.18 Å². The highest BCUT2D eigenvalue weighted by molar-refractivity contribution is 5.69. The van der Waals surface area contributed by atoms with E-state index in [2.05, 4.69) is 0 Å². The molecule has 0 bridgehead atoms. The van der Waals surface area contributed by atoms with Crippen LogP contribution in [0.2, 0.25) is 0 Å². The lowest BCUT2D eigenvalue weighted by atomic mass is 10.0. The van der Waals surface area contributed by atoms with Crippen molar-refractivity contribution in [1.29, 1.82) is 0 Å². The number of rotatable bonds is 6. The highest BCUT2D eigenvalue weighted by Crippen LogP contribution is 2.39. The van der Waals surface area contributed by atoms with Crippen LogP contribution < -0.4 is 14.6 Å². The van der Waals surface area contributed by atoms with Crippen molar-refractivity contribution in [3.05, 3.63) is 59.4 Å². The Bertz CT molecular complexity index is 1180. The van der Waals surface area contributed by atoms with Gasteiger partial charge in [0.15, 0.2) is 11.6 Å². The smallest absolute Gasteiger partial charge is 0.410 e. The number of quaternary nitrogens is 1. The maximum absolute atomic E-state index is 14.7. The first-order valence-electron chi connectivity index (χ1n) is 13.0. The third-order valence-corrected chi connectivity index (χ3v) is 6.92. The van der Waals surface area contributed by atoms with Crippen LogP contribution in [-0.4, -0.2) is 65.1 Å². The number of nitrogens with zero attached hydrogens (tertiary/aromatic N) is 2. The summed E-state index contributed by atoms with van der Waals surface area (Å²) in [6.07, 6.45) is -0.785. The Kier molecular flexibility index (Phi) is 7.61. The summed E-state index contributed by atoms with van der Waals surface area (Å²) in [5.41, 5.74) is 0.435. The van der Waals surface area contributed by atoms with Crippen LogP contribution in [0.15, 0.2) is 42.5 Å². The number of amides is 2. The van der Waals surface area contributed by atoms with Crippen LogP contribution in [0, 0.1) is 5.82 Å². The van der Waals surface area contributed by atoms with E-state index < -0.39 is 35.2 Å². The third-order valence-electron chi connectivity index (χ3n) is 6.92. The van der Waals surface area contributed by atoms with Gasteiger partial charge >= 0.3 is 6.09 Å². The number of hydrogen-bond donors (Lipinski definition) is 0. The summed E-state index contributed by atoms with van der Waals surface area (Å²) < 4.78 is 31.6. The van der Waals surface area contributed by atoms with Gasteiger partial charge in [0, 0.05) is 30.0 Å². The van der Waals surface area contributed by atoms with E-state index in [1.165, 1.54) is 6.07 Å².